The lowest BCUT2D eigenvalue weighted by Gasteiger charge is -2.22. The van der Waals surface area contributed by atoms with E-state index >= 15 is 0 Å². The number of hydrogen-bond donors (Lipinski definition) is 0. The maximum atomic E-state index is 2.47. The van der Waals surface area contributed by atoms with Gasteiger partial charge in [-0.3, -0.25) is 0 Å². The van der Waals surface area contributed by atoms with Gasteiger partial charge in [-0.15, -0.1) is 0 Å². The molecule has 0 aliphatic carbocycles. The van der Waals surface area contributed by atoms with E-state index in [1.165, 1.54) is 56.9 Å². The quantitative estimate of drug-likeness (QED) is 0.324. The molecule has 0 aromatic carbocycles. The number of rotatable bonds is 12. The van der Waals surface area contributed by atoms with E-state index in [1.807, 2.05) is 0 Å². The first-order chi connectivity index (χ1) is 9.86. The van der Waals surface area contributed by atoms with Crippen LogP contribution < -0.4 is 0 Å². The van der Waals surface area contributed by atoms with Gasteiger partial charge < -0.3 is 0 Å². The molecule has 126 valence electrons. The van der Waals surface area contributed by atoms with Gasteiger partial charge in [0.15, 0.2) is 0 Å². The second-order valence-corrected chi connectivity index (χ2v) is 7.93. The summed E-state index contributed by atoms with van der Waals surface area (Å²) in [6.45, 7) is 16.4. The van der Waals surface area contributed by atoms with E-state index in [1.54, 1.807) is 0 Å². The molecule has 0 saturated carbocycles. The fourth-order valence-electron chi connectivity index (χ4n) is 3.23. The van der Waals surface area contributed by atoms with Gasteiger partial charge in [-0.05, 0) is 50.4 Å². The molecule has 0 aromatic rings. The van der Waals surface area contributed by atoms with Gasteiger partial charge in [0.1, 0.15) is 0 Å². The molecule has 0 saturated heterocycles. The summed E-state index contributed by atoms with van der Waals surface area (Å²) in [7, 11) is 0. The molecule has 0 nitrogen and oxygen atoms in total. The van der Waals surface area contributed by atoms with Crippen molar-refractivity contribution in [3.8, 4) is 0 Å². The molecule has 0 heteroatoms. The summed E-state index contributed by atoms with van der Waals surface area (Å²) in [4.78, 5) is 0. The van der Waals surface area contributed by atoms with Gasteiger partial charge in [-0.25, -0.2) is 0 Å². The highest BCUT2D eigenvalue weighted by molar-refractivity contribution is 4.96. The van der Waals surface area contributed by atoms with Gasteiger partial charge in [0.25, 0.3) is 0 Å². The molecule has 0 amide bonds. The van der Waals surface area contributed by atoms with Crippen molar-refractivity contribution in [2.24, 2.45) is 23.7 Å². The molecule has 0 heterocycles. The van der Waals surface area contributed by atoms with Crippen molar-refractivity contribution in [1.29, 1.82) is 0 Å². The van der Waals surface area contributed by atoms with Gasteiger partial charge in [0, 0.05) is 0 Å². The number of hydrogen-bond acceptors (Lipinski definition) is 0. The van der Waals surface area contributed by atoms with Crippen molar-refractivity contribution in [3.05, 3.63) is 11.6 Å². The monoisotopic (exact) mass is 294 g/mol. The summed E-state index contributed by atoms with van der Waals surface area (Å²) in [5.41, 5.74) is 1.46. The van der Waals surface area contributed by atoms with E-state index in [-0.39, 0.29) is 0 Å². The number of unbranched alkanes of at least 4 members (excludes halogenated alkanes) is 1. The van der Waals surface area contributed by atoms with E-state index in [2.05, 4.69) is 54.5 Å². The van der Waals surface area contributed by atoms with Crippen LogP contribution in [0.15, 0.2) is 11.6 Å². The van der Waals surface area contributed by atoms with Crippen LogP contribution in [-0.2, 0) is 0 Å². The molecule has 0 aliphatic heterocycles. The molecule has 0 fully saturated rings. The Bertz CT molecular complexity index is 259. The normalized spacial score (nSPS) is 17.1. The Morgan fingerprint density at radius 1 is 0.762 bits per heavy atom. The van der Waals surface area contributed by atoms with Crippen LogP contribution in [0.1, 0.15) is 99.8 Å². The topological polar surface area (TPSA) is 0 Å². The molecule has 4 atom stereocenters. The summed E-state index contributed by atoms with van der Waals surface area (Å²) >= 11 is 0. The van der Waals surface area contributed by atoms with Crippen molar-refractivity contribution in [1.82, 2.24) is 0 Å². The van der Waals surface area contributed by atoms with Gasteiger partial charge in [-0.2, -0.15) is 0 Å². The zero-order chi connectivity index (χ0) is 16.3. The van der Waals surface area contributed by atoms with Gasteiger partial charge >= 0.3 is 0 Å². The SMILES string of the molecule is CCCCC(C)CCCC(C)C(C)CCC(C)C=C(C)C. The predicted molar refractivity (Wildman–Crippen MR) is 98.7 cm³/mol. The van der Waals surface area contributed by atoms with Crippen molar-refractivity contribution >= 4 is 0 Å². The first-order valence-corrected chi connectivity index (χ1v) is 9.51. The third-order valence-corrected chi connectivity index (χ3v) is 5.07. The van der Waals surface area contributed by atoms with Gasteiger partial charge in [0.05, 0.1) is 0 Å². The maximum absolute atomic E-state index is 2.47. The Morgan fingerprint density at radius 2 is 1.33 bits per heavy atom. The van der Waals surface area contributed by atoms with Crippen LogP contribution in [0.25, 0.3) is 0 Å². The largest absolute Gasteiger partial charge is 0.0830 e. The van der Waals surface area contributed by atoms with E-state index in [4.69, 9.17) is 0 Å². The molecular formula is C21H42. The predicted octanol–water partition coefficient (Wildman–Crippen LogP) is 7.64. The van der Waals surface area contributed by atoms with E-state index in [0.717, 1.165) is 23.7 Å². The van der Waals surface area contributed by atoms with Crippen LogP contribution in [0.2, 0.25) is 0 Å². The summed E-state index contributed by atoms with van der Waals surface area (Å²) in [5.74, 6) is 3.45. The van der Waals surface area contributed by atoms with Crippen LogP contribution in [0.3, 0.4) is 0 Å². The lowest BCUT2D eigenvalue weighted by Crippen LogP contribution is -2.10. The lowest BCUT2D eigenvalue weighted by atomic mass is 9.84. The maximum Gasteiger partial charge on any atom is -0.0259 e. The molecule has 0 N–H and O–H groups in total. The molecule has 0 aromatic heterocycles. The molecule has 4 unspecified atom stereocenters. The minimum absolute atomic E-state index is 0.749. The Hall–Kier alpha value is -0.260. The average Bonchev–Trinajstić information content (AvgIpc) is 2.41. The molecule has 0 bridgehead atoms. The zero-order valence-corrected chi connectivity index (χ0v) is 16.0. The van der Waals surface area contributed by atoms with Gasteiger partial charge in [-0.1, -0.05) is 84.8 Å². The van der Waals surface area contributed by atoms with Gasteiger partial charge in [0.2, 0.25) is 0 Å². The third kappa shape index (κ3) is 12.0. The van der Waals surface area contributed by atoms with Crippen LogP contribution >= 0.6 is 0 Å². The van der Waals surface area contributed by atoms with E-state index in [9.17, 15) is 0 Å². The Morgan fingerprint density at radius 3 is 1.90 bits per heavy atom. The van der Waals surface area contributed by atoms with Crippen LogP contribution in [0.5, 0.6) is 0 Å². The third-order valence-electron chi connectivity index (χ3n) is 5.07. The number of allylic oxidation sites excluding steroid dienone is 2. The Balaban J connectivity index is 3.79. The highest BCUT2D eigenvalue weighted by atomic mass is 14.2. The van der Waals surface area contributed by atoms with Crippen molar-refractivity contribution in [3.63, 3.8) is 0 Å². The van der Waals surface area contributed by atoms with Crippen molar-refractivity contribution < 1.29 is 0 Å². The van der Waals surface area contributed by atoms with Crippen LogP contribution in [0, 0.1) is 23.7 Å². The molecular weight excluding hydrogens is 252 g/mol. The van der Waals surface area contributed by atoms with E-state index < -0.39 is 0 Å². The average molecular weight is 295 g/mol. The summed E-state index contributed by atoms with van der Waals surface area (Å²) in [5, 5.41) is 0. The summed E-state index contributed by atoms with van der Waals surface area (Å²) in [6.07, 6.45) is 13.6. The second-order valence-electron chi connectivity index (χ2n) is 7.93. The smallest absolute Gasteiger partial charge is 0.0259 e. The summed E-state index contributed by atoms with van der Waals surface area (Å²) < 4.78 is 0. The van der Waals surface area contributed by atoms with Crippen molar-refractivity contribution in [2.45, 2.75) is 99.8 Å². The van der Waals surface area contributed by atoms with Crippen molar-refractivity contribution in [2.75, 3.05) is 0 Å². The first kappa shape index (κ1) is 20.7. The molecule has 0 rings (SSSR count). The summed E-state index contributed by atoms with van der Waals surface area (Å²) in [6, 6.07) is 0. The van der Waals surface area contributed by atoms with Crippen LogP contribution in [0.4, 0.5) is 0 Å². The minimum Gasteiger partial charge on any atom is -0.0830 e. The fraction of sp³-hybridized carbons (Fsp3) is 0.905. The highest BCUT2D eigenvalue weighted by Crippen LogP contribution is 2.26. The first-order valence-electron chi connectivity index (χ1n) is 9.51. The highest BCUT2D eigenvalue weighted by Gasteiger charge is 2.13. The zero-order valence-electron chi connectivity index (χ0n) is 16.0. The minimum atomic E-state index is 0.749. The standard InChI is InChI=1S/C21H42/c1-8-9-11-18(4)12-10-13-20(6)21(7)15-14-19(5)16-17(2)3/h16,18-21H,8-15H2,1-7H3. The molecule has 0 spiro atoms. The Kier molecular flexibility index (Phi) is 12.1. The molecule has 21 heavy (non-hydrogen) atoms. The Labute approximate surface area is 135 Å². The second kappa shape index (κ2) is 12.3. The lowest BCUT2D eigenvalue weighted by molar-refractivity contribution is 0.308. The molecule has 0 aliphatic rings. The van der Waals surface area contributed by atoms with E-state index in [0.29, 0.717) is 0 Å². The van der Waals surface area contributed by atoms with Crippen LogP contribution in [-0.4, -0.2) is 0 Å². The fourth-order valence-corrected chi connectivity index (χ4v) is 3.23. The molecule has 0 radical (unpaired) electrons.